The standard InChI is InChI=1S/C23H20ClN3O6/c1-3-15-5-7-17(8-6-15)25-14-16-11-19(24)23(22(12-16)32-4-2)33-21-10-9-18(26(28)29)13-20(21)27(30)31/h5-14H,3-4H2,1-2H3. The molecular formula is C23H20ClN3O6. The van der Waals surface area contributed by atoms with E-state index in [-0.39, 0.29) is 28.9 Å². The van der Waals surface area contributed by atoms with E-state index in [0.717, 1.165) is 30.3 Å². The summed E-state index contributed by atoms with van der Waals surface area (Å²) in [7, 11) is 0. The molecule has 0 heterocycles. The second kappa shape index (κ2) is 10.6. The number of benzene rings is 3. The lowest BCUT2D eigenvalue weighted by molar-refractivity contribution is -0.394. The zero-order valence-electron chi connectivity index (χ0n) is 17.9. The molecule has 0 fully saturated rings. The highest BCUT2D eigenvalue weighted by Crippen LogP contribution is 2.42. The van der Waals surface area contributed by atoms with Gasteiger partial charge in [-0.1, -0.05) is 30.7 Å². The van der Waals surface area contributed by atoms with Crippen LogP contribution in [0.3, 0.4) is 0 Å². The fourth-order valence-corrected chi connectivity index (χ4v) is 3.21. The van der Waals surface area contributed by atoms with E-state index in [2.05, 4.69) is 11.9 Å². The van der Waals surface area contributed by atoms with Gasteiger partial charge in [0.05, 0.1) is 33.2 Å². The second-order valence-corrected chi connectivity index (χ2v) is 7.22. The lowest BCUT2D eigenvalue weighted by atomic mass is 10.1. The summed E-state index contributed by atoms with van der Waals surface area (Å²) in [6, 6.07) is 14.1. The smallest absolute Gasteiger partial charge is 0.318 e. The first-order valence-corrected chi connectivity index (χ1v) is 10.4. The quantitative estimate of drug-likeness (QED) is 0.196. The second-order valence-electron chi connectivity index (χ2n) is 6.81. The van der Waals surface area contributed by atoms with Crippen molar-refractivity contribution in [3.05, 3.63) is 91.0 Å². The van der Waals surface area contributed by atoms with Crippen molar-refractivity contribution in [2.75, 3.05) is 6.61 Å². The maximum absolute atomic E-state index is 11.4. The molecule has 3 aromatic rings. The molecule has 0 atom stereocenters. The van der Waals surface area contributed by atoms with Gasteiger partial charge in [0, 0.05) is 12.3 Å². The average molecular weight is 470 g/mol. The Morgan fingerprint density at radius 3 is 2.30 bits per heavy atom. The summed E-state index contributed by atoms with van der Waals surface area (Å²) in [5, 5.41) is 22.5. The molecule has 0 saturated carbocycles. The van der Waals surface area contributed by atoms with Crippen LogP contribution in [0, 0.1) is 20.2 Å². The lowest BCUT2D eigenvalue weighted by Gasteiger charge is -2.14. The van der Waals surface area contributed by atoms with Crippen molar-refractivity contribution in [1.29, 1.82) is 0 Å². The van der Waals surface area contributed by atoms with Gasteiger partial charge >= 0.3 is 5.69 Å². The summed E-state index contributed by atoms with van der Waals surface area (Å²) >= 11 is 6.41. The Labute approximate surface area is 194 Å². The fourth-order valence-electron chi connectivity index (χ4n) is 2.95. The van der Waals surface area contributed by atoms with Gasteiger partial charge in [0.25, 0.3) is 5.69 Å². The minimum atomic E-state index is -0.762. The maximum atomic E-state index is 11.4. The number of rotatable bonds is 9. The van der Waals surface area contributed by atoms with Crippen molar-refractivity contribution in [2.24, 2.45) is 4.99 Å². The SMILES string of the molecule is CCOc1cc(C=Nc2ccc(CC)cc2)cc(Cl)c1Oc1ccc([N+](=O)[O-])cc1[N+](=O)[O-]. The van der Waals surface area contributed by atoms with E-state index < -0.39 is 21.2 Å². The number of hydrogen-bond acceptors (Lipinski definition) is 7. The van der Waals surface area contributed by atoms with Crippen molar-refractivity contribution >= 4 is 34.9 Å². The van der Waals surface area contributed by atoms with Crippen molar-refractivity contribution in [3.8, 4) is 17.2 Å². The van der Waals surface area contributed by atoms with Crippen molar-refractivity contribution in [1.82, 2.24) is 0 Å². The number of non-ortho nitro benzene ring substituents is 1. The zero-order valence-corrected chi connectivity index (χ0v) is 18.6. The summed E-state index contributed by atoms with van der Waals surface area (Å²) in [6.45, 7) is 4.13. The van der Waals surface area contributed by atoms with E-state index in [1.807, 2.05) is 24.3 Å². The van der Waals surface area contributed by atoms with Gasteiger partial charge < -0.3 is 9.47 Å². The minimum absolute atomic E-state index is 0.0555. The molecule has 33 heavy (non-hydrogen) atoms. The van der Waals surface area contributed by atoms with Crippen LogP contribution >= 0.6 is 11.6 Å². The molecule has 0 saturated heterocycles. The highest BCUT2D eigenvalue weighted by atomic mass is 35.5. The summed E-state index contributed by atoms with van der Waals surface area (Å²) in [5.74, 6) is 0.103. The van der Waals surface area contributed by atoms with Crippen molar-refractivity contribution in [3.63, 3.8) is 0 Å². The maximum Gasteiger partial charge on any atom is 0.318 e. The summed E-state index contributed by atoms with van der Waals surface area (Å²) in [5.41, 5.74) is 1.61. The number of nitro groups is 2. The number of nitrogens with zero attached hydrogens (tertiary/aromatic N) is 3. The number of aryl methyl sites for hydroxylation is 1. The first-order valence-electron chi connectivity index (χ1n) is 10.0. The Kier molecular flexibility index (Phi) is 7.57. The first-order chi connectivity index (χ1) is 15.8. The van der Waals surface area contributed by atoms with Crippen LogP contribution in [-0.4, -0.2) is 22.7 Å². The Hall–Kier alpha value is -3.98. The van der Waals surface area contributed by atoms with Gasteiger partial charge in [-0.3, -0.25) is 25.2 Å². The molecule has 0 radical (unpaired) electrons. The van der Waals surface area contributed by atoms with Gasteiger partial charge in [0.1, 0.15) is 0 Å². The third-order valence-electron chi connectivity index (χ3n) is 4.60. The third-order valence-corrected chi connectivity index (χ3v) is 4.88. The molecule has 0 N–H and O–H groups in total. The molecule has 0 unspecified atom stereocenters. The van der Waals surface area contributed by atoms with Crippen LogP contribution in [0.2, 0.25) is 5.02 Å². The van der Waals surface area contributed by atoms with Gasteiger partial charge in [-0.15, -0.1) is 0 Å². The highest BCUT2D eigenvalue weighted by Gasteiger charge is 2.23. The van der Waals surface area contributed by atoms with E-state index in [4.69, 9.17) is 21.1 Å². The molecule has 170 valence electrons. The number of halogens is 1. The van der Waals surface area contributed by atoms with Crippen LogP contribution in [0.5, 0.6) is 17.2 Å². The molecule has 0 spiro atoms. The first kappa shape index (κ1) is 23.7. The average Bonchev–Trinajstić information content (AvgIpc) is 2.80. The predicted octanol–water partition coefficient (Wildman–Crippen LogP) is 6.66. The number of nitro benzene ring substituents is 2. The van der Waals surface area contributed by atoms with E-state index in [0.29, 0.717) is 5.56 Å². The van der Waals surface area contributed by atoms with Gasteiger partial charge in [-0.25, -0.2) is 0 Å². The molecule has 3 aromatic carbocycles. The van der Waals surface area contributed by atoms with Crippen LogP contribution in [0.15, 0.2) is 59.6 Å². The van der Waals surface area contributed by atoms with Crippen molar-refractivity contribution in [2.45, 2.75) is 20.3 Å². The topological polar surface area (TPSA) is 117 Å². The molecule has 0 aliphatic rings. The molecule has 0 aromatic heterocycles. The molecule has 9 nitrogen and oxygen atoms in total. The molecule has 3 rings (SSSR count). The predicted molar refractivity (Wildman–Crippen MR) is 126 cm³/mol. The zero-order chi connectivity index (χ0) is 24.0. The van der Waals surface area contributed by atoms with E-state index in [1.54, 1.807) is 25.3 Å². The van der Waals surface area contributed by atoms with Gasteiger partial charge in [-0.05, 0) is 54.8 Å². The summed E-state index contributed by atoms with van der Waals surface area (Å²) in [4.78, 5) is 25.3. The molecule has 0 amide bonds. The summed E-state index contributed by atoms with van der Waals surface area (Å²) in [6.07, 6.45) is 2.55. The Balaban J connectivity index is 1.95. The van der Waals surface area contributed by atoms with Crippen LogP contribution in [0.25, 0.3) is 0 Å². The Bertz CT molecular complexity index is 1210. The van der Waals surface area contributed by atoms with Gasteiger partial charge in [-0.2, -0.15) is 0 Å². The van der Waals surface area contributed by atoms with E-state index >= 15 is 0 Å². The van der Waals surface area contributed by atoms with Crippen LogP contribution < -0.4 is 9.47 Å². The van der Waals surface area contributed by atoms with E-state index in [9.17, 15) is 20.2 Å². The Morgan fingerprint density at radius 1 is 0.970 bits per heavy atom. The summed E-state index contributed by atoms with van der Waals surface area (Å²) < 4.78 is 11.3. The molecule has 0 aliphatic carbocycles. The number of hydrogen-bond donors (Lipinski definition) is 0. The van der Waals surface area contributed by atoms with Crippen LogP contribution in [-0.2, 0) is 6.42 Å². The van der Waals surface area contributed by atoms with E-state index in [1.165, 1.54) is 5.56 Å². The van der Waals surface area contributed by atoms with Crippen molar-refractivity contribution < 1.29 is 19.3 Å². The van der Waals surface area contributed by atoms with Crippen LogP contribution in [0.1, 0.15) is 25.0 Å². The molecule has 0 bridgehead atoms. The fraction of sp³-hybridized carbons (Fsp3) is 0.174. The molecular weight excluding hydrogens is 450 g/mol. The minimum Gasteiger partial charge on any atom is -0.490 e. The van der Waals surface area contributed by atoms with Gasteiger partial charge in [0.15, 0.2) is 11.5 Å². The lowest BCUT2D eigenvalue weighted by Crippen LogP contribution is -2.00. The van der Waals surface area contributed by atoms with Gasteiger partial charge in [0.2, 0.25) is 5.75 Å². The number of ether oxygens (including phenoxy) is 2. The largest absolute Gasteiger partial charge is 0.490 e. The van der Waals surface area contributed by atoms with Crippen LogP contribution in [0.4, 0.5) is 17.1 Å². The molecule has 10 heteroatoms. The Morgan fingerprint density at radius 2 is 1.70 bits per heavy atom. The third kappa shape index (κ3) is 5.83. The molecule has 0 aliphatic heterocycles. The monoisotopic (exact) mass is 469 g/mol. The number of aliphatic imine (C=N–C) groups is 1. The normalized spacial score (nSPS) is 10.9. The highest BCUT2D eigenvalue weighted by molar-refractivity contribution is 6.32.